The number of amides is 1. The third kappa shape index (κ3) is 4.19. The first-order valence-corrected chi connectivity index (χ1v) is 7.35. The lowest BCUT2D eigenvalue weighted by atomic mass is 9.90. The van der Waals surface area contributed by atoms with Crippen LogP contribution in [0, 0.1) is 17.7 Å². The Bertz CT molecular complexity index is 549. The molecule has 2 rings (SSSR count). The Labute approximate surface area is 128 Å². The number of carboxylic acid groups (broad SMARTS) is 1. The number of carboxylic acids is 1. The first kappa shape index (κ1) is 16.3. The van der Waals surface area contributed by atoms with E-state index in [0.717, 1.165) is 0 Å². The molecule has 0 aromatic heterocycles. The predicted octanol–water partition coefficient (Wildman–Crippen LogP) is 2.16. The van der Waals surface area contributed by atoms with Gasteiger partial charge in [-0.25, -0.2) is 4.39 Å². The number of rotatable bonds is 5. The minimum atomic E-state index is -0.869. The second-order valence-corrected chi connectivity index (χ2v) is 5.70. The zero-order valence-corrected chi connectivity index (χ0v) is 12.5. The number of halogens is 1. The standard InChI is InChI=1S/C16H20FNO4/c1-11-8-12(16(20)21)10-18(9-11)15(19)6-7-22-14-5-3-2-4-13(14)17/h2-5,11-12H,6-10H2,1H3,(H,20,21). The van der Waals surface area contributed by atoms with E-state index in [2.05, 4.69) is 0 Å². The molecule has 22 heavy (non-hydrogen) atoms. The van der Waals surface area contributed by atoms with E-state index in [4.69, 9.17) is 9.84 Å². The van der Waals surface area contributed by atoms with Crippen molar-refractivity contribution in [2.75, 3.05) is 19.7 Å². The molecule has 0 bridgehead atoms. The fourth-order valence-corrected chi connectivity index (χ4v) is 2.70. The molecule has 1 aromatic carbocycles. The zero-order valence-electron chi connectivity index (χ0n) is 12.5. The summed E-state index contributed by atoms with van der Waals surface area (Å²) in [5.74, 6) is -1.73. The molecule has 1 N–H and O–H groups in total. The van der Waals surface area contributed by atoms with Gasteiger partial charge in [0.1, 0.15) is 0 Å². The first-order chi connectivity index (χ1) is 10.5. The second kappa shape index (κ2) is 7.24. The normalized spacial score (nSPS) is 21.5. The number of carbonyl (C=O) groups is 2. The average Bonchev–Trinajstić information content (AvgIpc) is 2.48. The van der Waals surface area contributed by atoms with Crippen LogP contribution < -0.4 is 4.74 Å². The van der Waals surface area contributed by atoms with Crippen molar-refractivity contribution in [1.29, 1.82) is 0 Å². The van der Waals surface area contributed by atoms with Crippen LogP contribution in [0.15, 0.2) is 24.3 Å². The van der Waals surface area contributed by atoms with Crippen LogP contribution in [0.25, 0.3) is 0 Å². The minimum absolute atomic E-state index is 0.0718. The molecule has 2 atom stereocenters. The fraction of sp³-hybridized carbons (Fsp3) is 0.500. The van der Waals surface area contributed by atoms with Gasteiger partial charge in [0.25, 0.3) is 0 Å². The molecule has 2 unspecified atom stereocenters. The molecule has 1 aliphatic heterocycles. The quantitative estimate of drug-likeness (QED) is 0.905. The monoisotopic (exact) mass is 309 g/mol. The Balaban J connectivity index is 1.84. The molecule has 1 fully saturated rings. The van der Waals surface area contributed by atoms with Crippen LogP contribution >= 0.6 is 0 Å². The molecule has 1 amide bonds. The van der Waals surface area contributed by atoms with Crippen molar-refractivity contribution in [2.45, 2.75) is 19.8 Å². The van der Waals surface area contributed by atoms with E-state index < -0.39 is 17.7 Å². The summed E-state index contributed by atoms with van der Waals surface area (Å²) in [6, 6.07) is 6.02. The average molecular weight is 309 g/mol. The van der Waals surface area contributed by atoms with Crippen LogP contribution in [0.2, 0.25) is 0 Å². The first-order valence-electron chi connectivity index (χ1n) is 7.35. The predicted molar refractivity (Wildman–Crippen MR) is 78.0 cm³/mol. The van der Waals surface area contributed by atoms with Crippen LogP contribution in [0.3, 0.4) is 0 Å². The lowest BCUT2D eigenvalue weighted by Crippen LogP contribution is -2.45. The summed E-state index contributed by atoms with van der Waals surface area (Å²) >= 11 is 0. The Kier molecular flexibility index (Phi) is 5.35. The van der Waals surface area contributed by atoms with Crippen molar-refractivity contribution in [3.63, 3.8) is 0 Å². The van der Waals surface area contributed by atoms with Crippen molar-refractivity contribution in [3.05, 3.63) is 30.1 Å². The number of aliphatic carboxylic acids is 1. The van der Waals surface area contributed by atoms with Gasteiger partial charge in [0.2, 0.25) is 5.91 Å². The van der Waals surface area contributed by atoms with Crippen molar-refractivity contribution < 1.29 is 23.8 Å². The van der Waals surface area contributed by atoms with Gasteiger partial charge in [-0.1, -0.05) is 19.1 Å². The number of carbonyl (C=O) groups excluding carboxylic acids is 1. The molecule has 0 saturated carbocycles. The van der Waals surface area contributed by atoms with Gasteiger partial charge in [0.15, 0.2) is 11.6 Å². The summed E-state index contributed by atoms with van der Waals surface area (Å²) in [5, 5.41) is 9.11. The van der Waals surface area contributed by atoms with Crippen molar-refractivity contribution >= 4 is 11.9 Å². The van der Waals surface area contributed by atoms with Gasteiger partial charge in [-0.2, -0.15) is 0 Å². The number of para-hydroxylation sites is 1. The van der Waals surface area contributed by atoms with E-state index in [-0.39, 0.29) is 37.1 Å². The van der Waals surface area contributed by atoms with Gasteiger partial charge in [0.05, 0.1) is 18.9 Å². The van der Waals surface area contributed by atoms with E-state index in [1.54, 1.807) is 17.0 Å². The number of likely N-dealkylation sites (tertiary alicyclic amines) is 1. The zero-order chi connectivity index (χ0) is 16.1. The molecule has 0 spiro atoms. The highest BCUT2D eigenvalue weighted by Gasteiger charge is 2.31. The van der Waals surface area contributed by atoms with Crippen LogP contribution in [-0.4, -0.2) is 41.6 Å². The van der Waals surface area contributed by atoms with Crippen LogP contribution in [-0.2, 0) is 9.59 Å². The largest absolute Gasteiger partial charge is 0.490 e. The smallest absolute Gasteiger partial charge is 0.308 e. The van der Waals surface area contributed by atoms with E-state index in [9.17, 15) is 14.0 Å². The fourth-order valence-electron chi connectivity index (χ4n) is 2.70. The van der Waals surface area contributed by atoms with E-state index in [1.165, 1.54) is 12.1 Å². The van der Waals surface area contributed by atoms with E-state index >= 15 is 0 Å². The molecule has 0 radical (unpaired) electrons. The van der Waals surface area contributed by atoms with E-state index in [0.29, 0.717) is 13.0 Å². The molecule has 6 heteroatoms. The molecule has 1 saturated heterocycles. The highest BCUT2D eigenvalue weighted by Crippen LogP contribution is 2.22. The molecule has 1 aromatic rings. The van der Waals surface area contributed by atoms with Crippen molar-refractivity contribution in [3.8, 4) is 5.75 Å². The van der Waals surface area contributed by atoms with Gasteiger partial charge in [-0.15, -0.1) is 0 Å². The van der Waals surface area contributed by atoms with Crippen molar-refractivity contribution in [2.24, 2.45) is 11.8 Å². The van der Waals surface area contributed by atoms with Gasteiger partial charge < -0.3 is 14.7 Å². The topological polar surface area (TPSA) is 66.8 Å². The summed E-state index contributed by atoms with van der Waals surface area (Å²) in [7, 11) is 0. The Morgan fingerprint density at radius 3 is 2.77 bits per heavy atom. The number of hydrogen-bond donors (Lipinski definition) is 1. The Hall–Kier alpha value is -2.11. The molecule has 0 aliphatic carbocycles. The number of benzene rings is 1. The molecular weight excluding hydrogens is 289 g/mol. The Morgan fingerprint density at radius 1 is 1.36 bits per heavy atom. The Morgan fingerprint density at radius 2 is 2.09 bits per heavy atom. The number of nitrogens with zero attached hydrogens (tertiary/aromatic N) is 1. The third-order valence-corrected chi connectivity index (χ3v) is 3.77. The summed E-state index contributed by atoms with van der Waals surface area (Å²) in [5.41, 5.74) is 0. The number of hydrogen-bond acceptors (Lipinski definition) is 3. The van der Waals surface area contributed by atoms with Crippen molar-refractivity contribution in [1.82, 2.24) is 4.90 Å². The van der Waals surface area contributed by atoms with E-state index in [1.807, 2.05) is 6.92 Å². The summed E-state index contributed by atoms with van der Waals surface area (Å²) in [6.45, 7) is 2.80. The molecular formula is C16H20FNO4. The molecule has 120 valence electrons. The maximum Gasteiger partial charge on any atom is 0.308 e. The number of piperidine rings is 1. The lowest BCUT2D eigenvalue weighted by Gasteiger charge is -2.34. The maximum atomic E-state index is 13.4. The SMILES string of the molecule is CC1CC(C(=O)O)CN(C(=O)CCOc2ccccc2F)C1. The maximum absolute atomic E-state index is 13.4. The minimum Gasteiger partial charge on any atom is -0.490 e. The van der Waals surface area contributed by atoms with Crippen LogP contribution in [0.5, 0.6) is 5.75 Å². The second-order valence-electron chi connectivity index (χ2n) is 5.70. The lowest BCUT2D eigenvalue weighted by molar-refractivity contribution is -0.147. The molecule has 1 heterocycles. The highest BCUT2D eigenvalue weighted by atomic mass is 19.1. The van der Waals surface area contributed by atoms with Crippen LogP contribution in [0.1, 0.15) is 19.8 Å². The summed E-state index contributed by atoms with van der Waals surface area (Å²) in [6.07, 6.45) is 0.693. The van der Waals surface area contributed by atoms with Gasteiger partial charge in [0, 0.05) is 13.1 Å². The van der Waals surface area contributed by atoms with Gasteiger partial charge >= 0.3 is 5.97 Å². The molecule has 1 aliphatic rings. The summed E-state index contributed by atoms with van der Waals surface area (Å²) in [4.78, 5) is 24.8. The third-order valence-electron chi connectivity index (χ3n) is 3.77. The van der Waals surface area contributed by atoms with Crippen LogP contribution in [0.4, 0.5) is 4.39 Å². The summed E-state index contributed by atoms with van der Waals surface area (Å²) < 4.78 is 18.6. The van der Waals surface area contributed by atoms with Gasteiger partial charge in [-0.3, -0.25) is 9.59 Å². The van der Waals surface area contributed by atoms with Gasteiger partial charge in [-0.05, 0) is 24.5 Å². The number of ether oxygens (including phenoxy) is 1. The molecule has 5 nitrogen and oxygen atoms in total. The highest BCUT2D eigenvalue weighted by molar-refractivity contribution is 5.78.